The van der Waals surface area contributed by atoms with Crippen LogP contribution in [0.25, 0.3) is 0 Å². The van der Waals surface area contributed by atoms with Crippen LogP contribution in [0, 0.1) is 0 Å². The first-order valence-corrected chi connectivity index (χ1v) is 3.31. The van der Waals surface area contributed by atoms with Gasteiger partial charge in [0.2, 0.25) is 0 Å². The van der Waals surface area contributed by atoms with Crippen molar-refractivity contribution in [1.29, 1.82) is 0 Å². The highest BCUT2D eigenvalue weighted by atomic mass is 16.5. The predicted octanol–water partition coefficient (Wildman–Crippen LogP) is -0.343. The molecule has 1 N–H and O–H groups in total. The summed E-state index contributed by atoms with van der Waals surface area (Å²) >= 11 is 0. The molecule has 0 saturated carbocycles. The highest BCUT2D eigenvalue weighted by Crippen LogP contribution is 2.06. The minimum Gasteiger partial charge on any atom is -0.395 e. The highest BCUT2D eigenvalue weighted by Gasteiger charge is 2.18. The summed E-state index contributed by atoms with van der Waals surface area (Å²) < 4.78 is 5.23. The minimum atomic E-state index is 0.206. The molecule has 3 heteroatoms. The second kappa shape index (κ2) is 3.15. The Morgan fingerprint density at radius 1 is 1.78 bits per heavy atom. The Balaban J connectivity index is 2.22. The third kappa shape index (κ3) is 1.64. The molecule has 0 aromatic rings. The van der Waals surface area contributed by atoms with Crippen molar-refractivity contribution in [3.63, 3.8) is 0 Å². The van der Waals surface area contributed by atoms with Crippen LogP contribution in [-0.2, 0) is 4.74 Å². The van der Waals surface area contributed by atoms with E-state index in [9.17, 15) is 0 Å². The average molecular weight is 131 g/mol. The van der Waals surface area contributed by atoms with E-state index >= 15 is 0 Å². The zero-order chi connectivity index (χ0) is 6.69. The molecular weight excluding hydrogens is 118 g/mol. The van der Waals surface area contributed by atoms with E-state index < -0.39 is 0 Å². The first-order valence-electron chi connectivity index (χ1n) is 3.31. The fraction of sp³-hybridized carbons (Fsp3) is 1.00. The SMILES string of the molecule is CC1OCCN1CCO. The lowest BCUT2D eigenvalue weighted by atomic mass is 10.5. The van der Waals surface area contributed by atoms with Crippen molar-refractivity contribution >= 4 is 0 Å². The van der Waals surface area contributed by atoms with Crippen LogP contribution in [0.15, 0.2) is 0 Å². The topological polar surface area (TPSA) is 32.7 Å². The number of nitrogens with zero attached hydrogens (tertiary/aromatic N) is 1. The van der Waals surface area contributed by atoms with E-state index in [4.69, 9.17) is 9.84 Å². The molecule has 0 radical (unpaired) electrons. The Morgan fingerprint density at radius 3 is 3.00 bits per heavy atom. The zero-order valence-electron chi connectivity index (χ0n) is 5.71. The monoisotopic (exact) mass is 131 g/mol. The van der Waals surface area contributed by atoms with Gasteiger partial charge < -0.3 is 9.84 Å². The van der Waals surface area contributed by atoms with Gasteiger partial charge in [-0.15, -0.1) is 0 Å². The molecule has 1 aliphatic heterocycles. The molecule has 3 nitrogen and oxygen atoms in total. The second-order valence-corrected chi connectivity index (χ2v) is 2.23. The molecule has 1 fully saturated rings. The quantitative estimate of drug-likeness (QED) is 0.556. The van der Waals surface area contributed by atoms with E-state index in [1.165, 1.54) is 0 Å². The van der Waals surface area contributed by atoms with Crippen LogP contribution in [0.3, 0.4) is 0 Å². The number of β-amino-alcohol motifs (C(OH)–C–C–N with tert-alkyl or cyclic N) is 1. The van der Waals surface area contributed by atoms with Crippen molar-refractivity contribution < 1.29 is 9.84 Å². The number of ether oxygens (including phenoxy) is 1. The molecule has 0 aliphatic carbocycles. The summed E-state index contributed by atoms with van der Waals surface area (Å²) in [4.78, 5) is 2.11. The molecule has 0 bridgehead atoms. The van der Waals surface area contributed by atoms with E-state index in [0.29, 0.717) is 0 Å². The van der Waals surface area contributed by atoms with Gasteiger partial charge in [0.25, 0.3) is 0 Å². The molecule has 0 amide bonds. The van der Waals surface area contributed by atoms with Crippen LogP contribution in [0.2, 0.25) is 0 Å². The summed E-state index contributed by atoms with van der Waals surface area (Å²) in [6, 6.07) is 0. The molecular formula is C6H13NO2. The minimum absolute atomic E-state index is 0.206. The molecule has 1 aliphatic rings. The summed E-state index contributed by atoms with van der Waals surface area (Å²) in [6.07, 6.45) is 0.206. The Bertz CT molecular complexity index is 87.1. The van der Waals surface area contributed by atoms with Crippen molar-refractivity contribution in [2.75, 3.05) is 26.3 Å². The molecule has 1 saturated heterocycles. The van der Waals surface area contributed by atoms with Crippen molar-refractivity contribution in [3.05, 3.63) is 0 Å². The Hall–Kier alpha value is -0.120. The van der Waals surface area contributed by atoms with E-state index in [2.05, 4.69) is 4.90 Å². The maximum Gasteiger partial charge on any atom is 0.107 e. The first-order chi connectivity index (χ1) is 4.34. The van der Waals surface area contributed by atoms with Crippen molar-refractivity contribution in [2.24, 2.45) is 0 Å². The third-order valence-electron chi connectivity index (χ3n) is 1.64. The van der Waals surface area contributed by atoms with Crippen molar-refractivity contribution in [2.45, 2.75) is 13.2 Å². The third-order valence-corrected chi connectivity index (χ3v) is 1.64. The number of hydrogen-bond donors (Lipinski definition) is 1. The average Bonchev–Trinajstić information content (AvgIpc) is 2.18. The van der Waals surface area contributed by atoms with Gasteiger partial charge in [0.15, 0.2) is 0 Å². The molecule has 1 unspecified atom stereocenters. The lowest BCUT2D eigenvalue weighted by Crippen LogP contribution is -2.30. The van der Waals surface area contributed by atoms with Crippen LogP contribution in [-0.4, -0.2) is 42.5 Å². The molecule has 0 aromatic carbocycles. The van der Waals surface area contributed by atoms with Gasteiger partial charge in [-0.2, -0.15) is 0 Å². The van der Waals surface area contributed by atoms with Crippen molar-refractivity contribution in [1.82, 2.24) is 4.90 Å². The van der Waals surface area contributed by atoms with Crippen LogP contribution in [0.4, 0.5) is 0 Å². The second-order valence-electron chi connectivity index (χ2n) is 2.23. The lowest BCUT2D eigenvalue weighted by molar-refractivity contribution is 0.0416. The maximum absolute atomic E-state index is 8.55. The number of rotatable bonds is 2. The van der Waals surface area contributed by atoms with Crippen LogP contribution < -0.4 is 0 Å². The van der Waals surface area contributed by atoms with Gasteiger partial charge in [0, 0.05) is 13.1 Å². The standard InChI is InChI=1S/C6H13NO2/c1-6-7(2-4-8)3-5-9-6/h6,8H,2-5H2,1H3. The highest BCUT2D eigenvalue weighted by molar-refractivity contribution is 4.64. The summed E-state index contributed by atoms with van der Waals surface area (Å²) in [5.41, 5.74) is 0. The van der Waals surface area contributed by atoms with Gasteiger partial charge in [-0.1, -0.05) is 0 Å². The number of hydrogen-bond acceptors (Lipinski definition) is 3. The molecule has 54 valence electrons. The Morgan fingerprint density at radius 2 is 2.56 bits per heavy atom. The van der Waals surface area contributed by atoms with E-state index in [0.717, 1.165) is 19.7 Å². The van der Waals surface area contributed by atoms with Crippen molar-refractivity contribution in [3.8, 4) is 0 Å². The maximum atomic E-state index is 8.55. The molecule has 1 atom stereocenters. The number of aliphatic hydroxyl groups is 1. The van der Waals surface area contributed by atoms with Crippen LogP contribution in [0.5, 0.6) is 0 Å². The van der Waals surface area contributed by atoms with Gasteiger partial charge in [-0.05, 0) is 6.92 Å². The fourth-order valence-corrected chi connectivity index (χ4v) is 1.05. The Labute approximate surface area is 55.2 Å². The molecule has 1 heterocycles. The van der Waals surface area contributed by atoms with Gasteiger partial charge in [0.05, 0.1) is 13.2 Å². The molecule has 9 heavy (non-hydrogen) atoms. The zero-order valence-corrected chi connectivity index (χ0v) is 5.71. The molecule has 0 spiro atoms. The smallest absolute Gasteiger partial charge is 0.107 e. The number of aliphatic hydroxyl groups excluding tert-OH is 1. The normalized spacial score (nSPS) is 29.3. The van der Waals surface area contributed by atoms with Gasteiger partial charge in [0.1, 0.15) is 6.23 Å². The summed E-state index contributed by atoms with van der Waals surface area (Å²) in [5.74, 6) is 0. The molecule has 1 rings (SSSR count). The van der Waals surface area contributed by atoms with E-state index in [1.807, 2.05) is 6.92 Å². The Kier molecular flexibility index (Phi) is 2.45. The van der Waals surface area contributed by atoms with Gasteiger partial charge >= 0.3 is 0 Å². The van der Waals surface area contributed by atoms with Gasteiger partial charge in [-0.3, -0.25) is 4.90 Å². The largest absolute Gasteiger partial charge is 0.395 e. The lowest BCUT2D eigenvalue weighted by Gasteiger charge is -2.16. The van der Waals surface area contributed by atoms with E-state index in [-0.39, 0.29) is 12.8 Å². The van der Waals surface area contributed by atoms with Gasteiger partial charge in [-0.25, -0.2) is 0 Å². The van der Waals surface area contributed by atoms with E-state index in [1.54, 1.807) is 0 Å². The van der Waals surface area contributed by atoms with Crippen LogP contribution in [0.1, 0.15) is 6.92 Å². The van der Waals surface area contributed by atoms with Crippen LogP contribution >= 0.6 is 0 Å². The fourth-order valence-electron chi connectivity index (χ4n) is 1.05. The predicted molar refractivity (Wildman–Crippen MR) is 34.1 cm³/mol. The summed E-state index contributed by atoms with van der Waals surface area (Å²) in [7, 11) is 0. The first kappa shape index (κ1) is 6.99. The summed E-state index contributed by atoms with van der Waals surface area (Å²) in [6.45, 7) is 4.74. The molecule has 0 aromatic heterocycles. The summed E-state index contributed by atoms with van der Waals surface area (Å²) in [5, 5.41) is 8.55.